The maximum absolute atomic E-state index is 11.4. The van der Waals surface area contributed by atoms with Crippen LogP contribution in [0.25, 0.3) is 0 Å². The predicted molar refractivity (Wildman–Crippen MR) is 76.6 cm³/mol. The molecule has 0 atom stereocenters. The Morgan fingerprint density at radius 1 is 1.22 bits per heavy atom. The minimum absolute atomic E-state index is 0.239. The van der Waals surface area contributed by atoms with E-state index in [1.54, 1.807) is 4.90 Å². The molecule has 0 aromatic carbocycles. The van der Waals surface area contributed by atoms with Crippen molar-refractivity contribution >= 4 is 5.91 Å². The number of carbonyl (C=O) groups excluding carboxylic acids is 1. The lowest BCUT2D eigenvalue weighted by molar-refractivity contribution is -0.128. The molecule has 1 rings (SSSR count). The summed E-state index contributed by atoms with van der Waals surface area (Å²) in [4.78, 5) is 13.1. The van der Waals surface area contributed by atoms with Crippen LogP contribution in [-0.2, 0) is 4.79 Å². The van der Waals surface area contributed by atoms with Crippen LogP contribution in [0.5, 0.6) is 0 Å². The molecule has 0 spiro atoms. The van der Waals surface area contributed by atoms with Crippen molar-refractivity contribution < 1.29 is 4.79 Å². The summed E-state index contributed by atoms with van der Waals surface area (Å²) in [7, 11) is 3.65. The Morgan fingerprint density at radius 3 is 2.44 bits per heavy atom. The molecular formula is C15H30N2O. The lowest BCUT2D eigenvalue weighted by Gasteiger charge is -2.29. The monoisotopic (exact) mass is 254 g/mol. The Morgan fingerprint density at radius 2 is 1.89 bits per heavy atom. The minimum atomic E-state index is 0.239. The van der Waals surface area contributed by atoms with Gasteiger partial charge in [0.1, 0.15) is 0 Å². The first kappa shape index (κ1) is 15.5. The van der Waals surface area contributed by atoms with Crippen LogP contribution in [-0.4, -0.2) is 37.5 Å². The Kier molecular flexibility index (Phi) is 7.33. The molecule has 0 heterocycles. The van der Waals surface area contributed by atoms with Gasteiger partial charge < -0.3 is 10.2 Å². The fraction of sp³-hybridized carbons (Fsp3) is 0.933. The Labute approximate surface area is 112 Å². The van der Waals surface area contributed by atoms with Crippen LogP contribution < -0.4 is 5.32 Å². The Bertz CT molecular complexity index is 233. The van der Waals surface area contributed by atoms with E-state index in [4.69, 9.17) is 0 Å². The molecule has 1 amide bonds. The fourth-order valence-corrected chi connectivity index (χ4v) is 2.83. The molecule has 106 valence electrons. The van der Waals surface area contributed by atoms with E-state index in [2.05, 4.69) is 12.2 Å². The molecule has 0 unspecified atom stereocenters. The molecule has 1 fully saturated rings. The number of nitrogens with one attached hydrogen (secondary N) is 1. The van der Waals surface area contributed by atoms with E-state index in [9.17, 15) is 4.79 Å². The number of hydrogen-bond donors (Lipinski definition) is 1. The third-order valence-electron chi connectivity index (χ3n) is 4.04. The van der Waals surface area contributed by atoms with Gasteiger partial charge in [-0.1, -0.05) is 19.8 Å². The number of hydrogen-bond acceptors (Lipinski definition) is 2. The highest BCUT2D eigenvalue weighted by Crippen LogP contribution is 2.27. The summed E-state index contributed by atoms with van der Waals surface area (Å²) in [6, 6.07) is 0.701. The van der Waals surface area contributed by atoms with Gasteiger partial charge in [0.05, 0.1) is 0 Å². The molecule has 0 bridgehead atoms. The molecular weight excluding hydrogens is 224 g/mol. The number of nitrogens with zero attached hydrogens (tertiary/aromatic N) is 1. The first-order valence-corrected chi connectivity index (χ1v) is 7.57. The Hall–Kier alpha value is -0.570. The molecule has 1 aliphatic carbocycles. The average molecular weight is 254 g/mol. The zero-order chi connectivity index (χ0) is 13.4. The van der Waals surface area contributed by atoms with E-state index in [1.807, 2.05) is 14.1 Å². The molecule has 0 saturated heterocycles. The van der Waals surface area contributed by atoms with Crippen molar-refractivity contribution in [3.05, 3.63) is 0 Å². The molecule has 0 aliphatic heterocycles. The third-order valence-corrected chi connectivity index (χ3v) is 4.04. The van der Waals surface area contributed by atoms with Crippen LogP contribution >= 0.6 is 0 Å². The van der Waals surface area contributed by atoms with Gasteiger partial charge >= 0.3 is 0 Å². The highest BCUT2D eigenvalue weighted by molar-refractivity contribution is 5.75. The Balaban J connectivity index is 2.02. The van der Waals surface area contributed by atoms with Gasteiger partial charge in [0.25, 0.3) is 0 Å². The van der Waals surface area contributed by atoms with Gasteiger partial charge in [-0.25, -0.2) is 0 Å². The summed E-state index contributed by atoms with van der Waals surface area (Å²) < 4.78 is 0. The topological polar surface area (TPSA) is 32.3 Å². The third kappa shape index (κ3) is 5.85. The second kappa shape index (κ2) is 8.52. The summed E-state index contributed by atoms with van der Waals surface area (Å²) in [5.74, 6) is 1.21. The maximum atomic E-state index is 11.4. The molecule has 1 N–H and O–H groups in total. The van der Waals surface area contributed by atoms with E-state index >= 15 is 0 Å². The van der Waals surface area contributed by atoms with Gasteiger partial charge in [-0.2, -0.15) is 0 Å². The van der Waals surface area contributed by atoms with Crippen LogP contribution in [0.3, 0.4) is 0 Å². The molecule has 0 aromatic heterocycles. The van der Waals surface area contributed by atoms with Crippen LogP contribution in [0.1, 0.15) is 58.3 Å². The van der Waals surface area contributed by atoms with Gasteiger partial charge in [0.15, 0.2) is 0 Å². The smallest absolute Gasteiger partial charge is 0.222 e. The summed E-state index contributed by atoms with van der Waals surface area (Å²) in [5.41, 5.74) is 0. The highest BCUT2D eigenvalue weighted by atomic mass is 16.2. The van der Waals surface area contributed by atoms with E-state index in [0.717, 1.165) is 18.9 Å². The summed E-state index contributed by atoms with van der Waals surface area (Å²) in [5, 5.41) is 3.61. The molecule has 3 heteroatoms. The van der Waals surface area contributed by atoms with Gasteiger partial charge in [-0.15, -0.1) is 0 Å². The van der Waals surface area contributed by atoms with Crippen LogP contribution in [0.4, 0.5) is 0 Å². The van der Waals surface area contributed by atoms with E-state index in [1.165, 1.54) is 38.5 Å². The lowest BCUT2D eigenvalue weighted by atomic mass is 9.83. The zero-order valence-corrected chi connectivity index (χ0v) is 12.4. The average Bonchev–Trinajstić information content (AvgIpc) is 2.36. The van der Waals surface area contributed by atoms with Crippen LogP contribution in [0.2, 0.25) is 0 Å². The number of carbonyl (C=O) groups is 1. The first-order chi connectivity index (χ1) is 8.63. The second-order valence-corrected chi connectivity index (χ2v) is 5.85. The van der Waals surface area contributed by atoms with Crippen molar-refractivity contribution in [3.8, 4) is 0 Å². The SMILES string of the molecule is CCCC1CCC(NCCCC(=O)N(C)C)CC1. The molecule has 3 nitrogen and oxygen atoms in total. The quantitative estimate of drug-likeness (QED) is 0.709. The fourth-order valence-electron chi connectivity index (χ4n) is 2.83. The van der Waals surface area contributed by atoms with Crippen molar-refractivity contribution in [3.63, 3.8) is 0 Å². The second-order valence-electron chi connectivity index (χ2n) is 5.85. The number of amides is 1. The number of rotatable bonds is 7. The molecule has 18 heavy (non-hydrogen) atoms. The molecule has 1 saturated carbocycles. The van der Waals surface area contributed by atoms with Crippen molar-refractivity contribution in [1.82, 2.24) is 10.2 Å². The van der Waals surface area contributed by atoms with Crippen molar-refractivity contribution in [1.29, 1.82) is 0 Å². The van der Waals surface area contributed by atoms with Gasteiger partial charge in [0, 0.05) is 26.6 Å². The van der Waals surface area contributed by atoms with Crippen molar-refractivity contribution in [2.75, 3.05) is 20.6 Å². The molecule has 0 aromatic rings. The minimum Gasteiger partial charge on any atom is -0.349 e. The standard InChI is InChI=1S/C15H30N2O/c1-4-6-13-8-10-14(11-9-13)16-12-5-7-15(18)17(2)3/h13-14,16H,4-12H2,1-3H3. The largest absolute Gasteiger partial charge is 0.349 e. The highest BCUT2D eigenvalue weighted by Gasteiger charge is 2.19. The van der Waals surface area contributed by atoms with Gasteiger partial charge in [-0.05, 0) is 44.6 Å². The summed E-state index contributed by atoms with van der Waals surface area (Å²) in [6.07, 6.45) is 9.80. The lowest BCUT2D eigenvalue weighted by Crippen LogP contribution is -2.34. The molecule has 0 radical (unpaired) electrons. The van der Waals surface area contributed by atoms with Crippen molar-refractivity contribution in [2.45, 2.75) is 64.3 Å². The summed E-state index contributed by atoms with van der Waals surface area (Å²) >= 11 is 0. The predicted octanol–water partition coefficient (Wildman–Crippen LogP) is 2.80. The van der Waals surface area contributed by atoms with E-state index in [0.29, 0.717) is 12.5 Å². The molecule has 1 aliphatic rings. The van der Waals surface area contributed by atoms with Crippen LogP contribution in [0, 0.1) is 5.92 Å². The first-order valence-electron chi connectivity index (χ1n) is 7.57. The van der Waals surface area contributed by atoms with Crippen LogP contribution in [0.15, 0.2) is 0 Å². The summed E-state index contributed by atoms with van der Waals surface area (Å²) in [6.45, 7) is 3.27. The van der Waals surface area contributed by atoms with Gasteiger partial charge in [0.2, 0.25) is 5.91 Å². The van der Waals surface area contributed by atoms with Crippen molar-refractivity contribution in [2.24, 2.45) is 5.92 Å². The normalized spacial score (nSPS) is 23.9. The van der Waals surface area contributed by atoms with Gasteiger partial charge in [-0.3, -0.25) is 4.79 Å². The van der Waals surface area contributed by atoms with E-state index < -0.39 is 0 Å². The van der Waals surface area contributed by atoms with E-state index in [-0.39, 0.29) is 5.91 Å². The maximum Gasteiger partial charge on any atom is 0.222 e. The zero-order valence-electron chi connectivity index (χ0n) is 12.4.